The molecule has 0 aromatic heterocycles. The van der Waals surface area contributed by atoms with Crippen molar-refractivity contribution in [1.29, 1.82) is 0 Å². The highest BCUT2D eigenvalue weighted by Gasteiger charge is 2.53. The monoisotopic (exact) mass is 278 g/mol. The lowest BCUT2D eigenvalue weighted by Gasteiger charge is -2.53. The third-order valence-electron chi connectivity index (χ3n) is 6.24. The van der Waals surface area contributed by atoms with Crippen molar-refractivity contribution in [2.24, 2.45) is 17.8 Å². The van der Waals surface area contributed by atoms with Crippen LogP contribution in [0.1, 0.15) is 66.2 Å². The molecule has 1 saturated heterocycles. The van der Waals surface area contributed by atoms with Gasteiger partial charge >= 0.3 is 0 Å². The largest absolute Gasteiger partial charge is 0.308 e. The van der Waals surface area contributed by atoms with E-state index in [1.165, 1.54) is 58.2 Å². The summed E-state index contributed by atoms with van der Waals surface area (Å²) in [5.74, 6) is 2.75. The Hall–Kier alpha value is -0.0800. The van der Waals surface area contributed by atoms with Gasteiger partial charge in [0.15, 0.2) is 0 Å². The van der Waals surface area contributed by atoms with E-state index in [-0.39, 0.29) is 0 Å². The average molecular weight is 278 g/mol. The molecule has 2 aliphatic carbocycles. The fraction of sp³-hybridized carbons (Fsp3) is 1.00. The van der Waals surface area contributed by atoms with Crippen molar-refractivity contribution in [2.45, 2.75) is 77.3 Å². The maximum absolute atomic E-state index is 3.96. The van der Waals surface area contributed by atoms with Gasteiger partial charge in [0.1, 0.15) is 0 Å². The molecule has 0 radical (unpaired) electrons. The summed E-state index contributed by atoms with van der Waals surface area (Å²) in [5, 5.41) is 3.96. The fourth-order valence-electron chi connectivity index (χ4n) is 4.25. The predicted octanol–water partition coefficient (Wildman–Crippen LogP) is 3.67. The van der Waals surface area contributed by atoms with Crippen LogP contribution in [-0.4, -0.2) is 35.6 Å². The SMILES string of the molecule is CC(C)CCCN1CC(C)(C2CC2)NCC1(C)C1CC1. The molecule has 0 aromatic carbocycles. The molecule has 2 atom stereocenters. The van der Waals surface area contributed by atoms with Crippen LogP contribution in [0.15, 0.2) is 0 Å². The summed E-state index contributed by atoms with van der Waals surface area (Å²) in [6.07, 6.45) is 8.57. The highest BCUT2D eigenvalue weighted by Crippen LogP contribution is 2.48. The third-order valence-corrected chi connectivity index (χ3v) is 6.24. The zero-order valence-electron chi connectivity index (χ0n) is 14.0. The van der Waals surface area contributed by atoms with E-state index in [2.05, 4.69) is 37.9 Å². The fourth-order valence-corrected chi connectivity index (χ4v) is 4.25. The van der Waals surface area contributed by atoms with Crippen LogP contribution in [0.4, 0.5) is 0 Å². The molecule has 0 aromatic rings. The lowest BCUT2D eigenvalue weighted by atomic mass is 9.82. The van der Waals surface area contributed by atoms with E-state index in [1.807, 2.05) is 0 Å². The second-order valence-corrected chi connectivity index (χ2v) is 8.63. The molecule has 1 N–H and O–H groups in total. The van der Waals surface area contributed by atoms with E-state index in [0.29, 0.717) is 11.1 Å². The molecule has 0 bridgehead atoms. The zero-order valence-corrected chi connectivity index (χ0v) is 14.0. The summed E-state index contributed by atoms with van der Waals surface area (Å²) in [7, 11) is 0. The summed E-state index contributed by atoms with van der Waals surface area (Å²) >= 11 is 0. The highest BCUT2D eigenvalue weighted by molar-refractivity contribution is 5.11. The van der Waals surface area contributed by atoms with Gasteiger partial charge in [-0.05, 0) is 76.7 Å². The zero-order chi connectivity index (χ0) is 14.4. The van der Waals surface area contributed by atoms with Crippen LogP contribution in [0.3, 0.4) is 0 Å². The van der Waals surface area contributed by atoms with Crippen LogP contribution in [-0.2, 0) is 0 Å². The van der Waals surface area contributed by atoms with Gasteiger partial charge in [-0.3, -0.25) is 4.90 Å². The van der Waals surface area contributed by atoms with Crippen molar-refractivity contribution >= 4 is 0 Å². The Morgan fingerprint density at radius 1 is 1.10 bits per heavy atom. The van der Waals surface area contributed by atoms with E-state index >= 15 is 0 Å². The van der Waals surface area contributed by atoms with Crippen molar-refractivity contribution in [3.05, 3.63) is 0 Å². The van der Waals surface area contributed by atoms with Crippen LogP contribution in [0.25, 0.3) is 0 Å². The van der Waals surface area contributed by atoms with Crippen LogP contribution in [0.5, 0.6) is 0 Å². The average Bonchev–Trinajstić information content (AvgIpc) is 3.26. The molecule has 3 fully saturated rings. The predicted molar refractivity (Wildman–Crippen MR) is 85.9 cm³/mol. The molecule has 0 spiro atoms. The second kappa shape index (κ2) is 5.28. The Morgan fingerprint density at radius 2 is 1.75 bits per heavy atom. The van der Waals surface area contributed by atoms with Gasteiger partial charge in [0.25, 0.3) is 0 Å². The van der Waals surface area contributed by atoms with Crippen LogP contribution in [0.2, 0.25) is 0 Å². The lowest BCUT2D eigenvalue weighted by molar-refractivity contribution is -0.00222. The lowest BCUT2D eigenvalue weighted by Crippen LogP contribution is -2.69. The molecular formula is C18H34N2. The first-order valence-electron chi connectivity index (χ1n) is 8.94. The summed E-state index contributed by atoms with van der Waals surface area (Å²) < 4.78 is 0. The number of rotatable bonds is 6. The van der Waals surface area contributed by atoms with Crippen LogP contribution >= 0.6 is 0 Å². The van der Waals surface area contributed by atoms with Crippen molar-refractivity contribution < 1.29 is 0 Å². The minimum Gasteiger partial charge on any atom is -0.308 e. The van der Waals surface area contributed by atoms with Crippen molar-refractivity contribution in [3.63, 3.8) is 0 Å². The Morgan fingerprint density at radius 3 is 2.30 bits per heavy atom. The van der Waals surface area contributed by atoms with Gasteiger partial charge in [0, 0.05) is 24.2 Å². The van der Waals surface area contributed by atoms with Gasteiger partial charge in [-0.25, -0.2) is 0 Å². The van der Waals surface area contributed by atoms with E-state index in [0.717, 1.165) is 17.8 Å². The topological polar surface area (TPSA) is 15.3 Å². The molecule has 0 amide bonds. The smallest absolute Gasteiger partial charge is 0.0334 e. The quantitative estimate of drug-likeness (QED) is 0.797. The van der Waals surface area contributed by atoms with E-state index < -0.39 is 0 Å². The van der Waals surface area contributed by atoms with Gasteiger partial charge in [0.2, 0.25) is 0 Å². The van der Waals surface area contributed by atoms with Gasteiger partial charge in [-0.2, -0.15) is 0 Å². The number of nitrogens with zero attached hydrogens (tertiary/aromatic N) is 1. The number of piperazine rings is 1. The minimum absolute atomic E-state index is 0.395. The minimum atomic E-state index is 0.395. The summed E-state index contributed by atoms with van der Waals surface area (Å²) in [5.41, 5.74) is 0.831. The van der Waals surface area contributed by atoms with Crippen molar-refractivity contribution in [2.75, 3.05) is 19.6 Å². The maximum atomic E-state index is 3.96. The first-order valence-corrected chi connectivity index (χ1v) is 8.94. The van der Waals surface area contributed by atoms with Gasteiger partial charge < -0.3 is 5.32 Å². The molecule has 1 heterocycles. The summed E-state index contributed by atoms with van der Waals surface area (Å²) in [4.78, 5) is 2.88. The third kappa shape index (κ3) is 2.92. The molecule has 3 rings (SSSR count). The number of hydrogen-bond acceptors (Lipinski definition) is 2. The maximum Gasteiger partial charge on any atom is 0.0334 e. The molecule has 20 heavy (non-hydrogen) atoms. The molecule has 2 unspecified atom stereocenters. The summed E-state index contributed by atoms with van der Waals surface area (Å²) in [6, 6.07) is 0. The first-order chi connectivity index (χ1) is 9.44. The van der Waals surface area contributed by atoms with Gasteiger partial charge in [-0.1, -0.05) is 13.8 Å². The van der Waals surface area contributed by atoms with Gasteiger partial charge in [-0.15, -0.1) is 0 Å². The van der Waals surface area contributed by atoms with Crippen LogP contribution < -0.4 is 5.32 Å². The number of nitrogens with one attached hydrogen (secondary N) is 1. The Balaban J connectivity index is 1.65. The molecule has 2 heteroatoms. The van der Waals surface area contributed by atoms with E-state index in [4.69, 9.17) is 0 Å². The molecule has 116 valence electrons. The Labute approximate surface area is 125 Å². The van der Waals surface area contributed by atoms with Crippen molar-refractivity contribution in [3.8, 4) is 0 Å². The van der Waals surface area contributed by atoms with Crippen molar-refractivity contribution in [1.82, 2.24) is 10.2 Å². The first kappa shape index (κ1) is 14.8. The van der Waals surface area contributed by atoms with E-state index in [9.17, 15) is 0 Å². The number of hydrogen-bond donors (Lipinski definition) is 1. The Bertz CT molecular complexity index is 345. The summed E-state index contributed by atoms with van der Waals surface area (Å²) in [6.45, 7) is 13.5. The second-order valence-electron chi connectivity index (χ2n) is 8.63. The normalized spacial score (nSPS) is 39.5. The molecule has 2 saturated carbocycles. The molecule has 3 aliphatic rings. The standard InChI is InChI=1S/C18H34N2/c1-14(2)6-5-11-20-13-17(3,15-7-8-15)19-12-18(20,4)16-9-10-16/h14-16,19H,5-13H2,1-4H3. The highest BCUT2D eigenvalue weighted by atomic mass is 15.3. The van der Waals surface area contributed by atoms with Gasteiger partial charge in [0.05, 0.1) is 0 Å². The van der Waals surface area contributed by atoms with Crippen LogP contribution in [0, 0.1) is 17.8 Å². The molecule has 1 aliphatic heterocycles. The molecule has 2 nitrogen and oxygen atoms in total. The molecular weight excluding hydrogens is 244 g/mol. The van der Waals surface area contributed by atoms with E-state index in [1.54, 1.807) is 0 Å². The Kier molecular flexibility index (Phi) is 3.92.